The molecule has 160 valence electrons. The van der Waals surface area contributed by atoms with E-state index in [1.807, 2.05) is 35.5 Å². The lowest BCUT2D eigenvalue weighted by molar-refractivity contribution is 0.0616. The highest BCUT2D eigenvalue weighted by atomic mass is 32.2. The van der Waals surface area contributed by atoms with Gasteiger partial charge in [0, 0.05) is 36.0 Å². The van der Waals surface area contributed by atoms with Gasteiger partial charge in [0.2, 0.25) is 0 Å². The van der Waals surface area contributed by atoms with Crippen LogP contribution in [0.25, 0.3) is 10.9 Å². The molecule has 2 aliphatic heterocycles. The van der Waals surface area contributed by atoms with E-state index in [2.05, 4.69) is 11.2 Å². The predicted molar refractivity (Wildman–Crippen MR) is 123 cm³/mol. The predicted octanol–water partition coefficient (Wildman–Crippen LogP) is 3.25. The van der Waals surface area contributed by atoms with E-state index < -0.39 is 15.6 Å². The van der Waals surface area contributed by atoms with Crippen LogP contribution in [0.5, 0.6) is 0 Å². The molecule has 1 aromatic heterocycles. The number of allylic oxidation sites excluding steroid dienone is 2. The van der Waals surface area contributed by atoms with E-state index in [-0.39, 0.29) is 23.2 Å². The minimum absolute atomic E-state index is 0.0979. The maximum absolute atomic E-state index is 13.8. The van der Waals surface area contributed by atoms with Crippen LogP contribution in [0, 0.1) is 12.3 Å². The van der Waals surface area contributed by atoms with Crippen molar-refractivity contribution in [1.82, 2.24) is 14.2 Å². The van der Waals surface area contributed by atoms with Crippen LogP contribution in [0.1, 0.15) is 12.1 Å². The first-order chi connectivity index (χ1) is 15.5. The summed E-state index contributed by atoms with van der Waals surface area (Å²) >= 11 is 0. The molecular formula is C25H21N3O3S. The molecule has 3 heterocycles. The summed E-state index contributed by atoms with van der Waals surface area (Å²) in [6, 6.07) is 17.1. The number of terminal acetylenes is 1. The van der Waals surface area contributed by atoms with E-state index in [9.17, 15) is 13.5 Å². The van der Waals surface area contributed by atoms with E-state index in [0.717, 1.165) is 0 Å². The Morgan fingerprint density at radius 2 is 1.84 bits per heavy atom. The summed E-state index contributed by atoms with van der Waals surface area (Å²) in [6.45, 7) is 0. The second-order valence-corrected chi connectivity index (χ2v) is 9.49. The van der Waals surface area contributed by atoms with E-state index in [4.69, 9.17) is 6.42 Å². The third-order valence-electron chi connectivity index (χ3n) is 5.83. The third kappa shape index (κ3) is 2.96. The summed E-state index contributed by atoms with van der Waals surface area (Å²) in [5.74, 6) is 2.56. The average molecular weight is 444 g/mol. The number of aliphatic hydroxyl groups is 1. The topological polar surface area (TPSA) is 74.6 Å². The van der Waals surface area contributed by atoms with Gasteiger partial charge in [-0.2, -0.15) is 0 Å². The Balaban J connectivity index is 1.80. The molecule has 0 radical (unpaired) electrons. The van der Waals surface area contributed by atoms with Crippen LogP contribution in [-0.2, 0) is 15.6 Å². The van der Waals surface area contributed by atoms with Crippen molar-refractivity contribution in [3.63, 3.8) is 0 Å². The zero-order chi connectivity index (χ0) is 22.3. The molecule has 0 saturated heterocycles. The number of rotatable bonds is 5. The van der Waals surface area contributed by atoms with Gasteiger partial charge in [0.05, 0.1) is 16.1 Å². The number of nitrogens with zero attached hydrogens (tertiary/aromatic N) is 2. The molecule has 2 atom stereocenters. The molecule has 0 aliphatic carbocycles. The van der Waals surface area contributed by atoms with Gasteiger partial charge < -0.3 is 15.3 Å². The van der Waals surface area contributed by atoms with E-state index in [1.165, 1.54) is 3.97 Å². The summed E-state index contributed by atoms with van der Waals surface area (Å²) in [6.07, 6.45) is 14.3. The maximum atomic E-state index is 13.8. The van der Waals surface area contributed by atoms with Crippen LogP contribution >= 0.6 is 0 Å². The monoisotopic (exact) mass is 443 g/mol. The fourth-order valence-corrected chi connectivity index (χ4v) is 5.94. The standard InChI is InChI=1S/C25H21N3O3S/c1-2-14-25(29,21-12-8-16-27-17-15-26-24(21)27)23-18-19-9-6-7-13-22(19)28(23)32(30,31)20-10-4-3-5-11-20/h1,3-13,15-18,24,26,29H,14H2. The van der Waals surface area contributed by atoms with Crippen molar-refractivity contribution in [2.45, 2.75) is 23.1 Å². The molecule has 3 aromatic rings. The molecule has 2 aromatic carbocycles. The number of nitrogens with one attached hydrogen (secondary N) is 1. The molecule has 7 heteroatoms. The Morgan fingerprint density at radius 1 is 1.09 bits per heavy atom. The number of benzene rings is 2. The number of hydrogen-bond acceptors (Lipinski definition) is 5. The molecule has 0 saturated carbocycles. The SMILES string of the molecule is C#CCC(O)(C1=CC=CN2C=CNC12)c1cc2ccccc2n1S(=O)(=O)c1ccccc1. The number of aromatic nitrogens is 1. The number of para-hydroxylation sites is 1. The van der Waals surface area contributed by atoms with Crippen molar-refractivity contribution in [2.24, 2.45) is 0 Å². The highest BCUT2D eigenvalue weighted by Crippen LogP contribution is 2.41. The highest BCUT2D eigenvalue weighted by Gasteiger charge is 2.44. The van der Waals surface area contributed by atoms with Crippen molar-refractivity contribution >= 4 is 20.9 Å². The van der Waals surface area contributed by atoms with Crippen LogP contribution in [0.15, 0.2) is 102 Å². The second-order valence-electron chi connectivity index (χ2n) is 7.71. The van der Waals surface area contributed by atoms with E-state index in [0.29, 0.717) is 16.5 Å². The van der Waals surface area contributed by atoms with Gasteiger partial charge in [-0.1, -0.05) is 42.5 Å². The molecule has 2 aliphatic rings. The fraction of sp³-hybridized carbons (Fsp3) is 0.120. The third-order valence-corrected chi connectivity index (χ3v) is 7.58. The largest absolute Gasteiger partial charge is 0.378 e. The molecule has 5 rings (SSSR count). The molecule has 0 bridgehead atoms. The Bertz CT molecular complexity index is 1430. The zero-order valence-electron chi connectivity index (χ0n) is 17.1. The van der Waals surface area contributed by atoms with Crippen molar-refractivity contribution in [3.8, 4) is 12.3 Å². The Labute approximate surface area is 186 Å². The molecule has 6 nitrogen and oxygen atoms in total. The van der Waals surface area contributed by atoms with Gasteiger partial charge in [-0.05, 0) is 30.3 Å². The van der Waals surface area contributed by atoms with Gasteiger partial charge in [-0.25, -0.2) is 12.4 Å². The van der Waals surface area contributed by atoms with Gasteiger partial charge in [0.25, 0.3) is 10.0 Å². The van der Waals surface area contributed by atoms with E-state index >= 15 is 0 Å². The van der Waals surface area contributed by atoms with Crippen LogP contribution in [0.2, 0.25) is 0 Å². The highest BCUT2D eigenvalue weighted by molar-refractivity contribution is 7.90. The van der Waals surface area contributed by atoms with Crippen LogP contribution in [-0.4, -0.2) is 28.6 Å². The molecule has 0 fully saturated rings. The second kappa shape index (κ2) is 7.45. The molecule has 2 unspecified atom stereocenters. The molecule has 0 amide bonds. The van der Waals surface area contributed by atoms with E-state index in [1.54, 1.807) is 60.8 Å². The van der Waals surface area contributed by atoms with Crippen molar-refractivity contribution in [2.75, 3.05) is 0 Å². The minimum Gasteiger partial charge on any atom is -0.378 e. The first kappa shape index (κ1) is 20.2. The van der Waals surface area contributed by atoms with Crippen LogP contribution < -0.4 is 5.32 Å². The Morgan fingerprint density at radius 3 is 2.62 bits per heavy atom. The minimum atomic E-state index is -4.02. The number of fused-ring (bicyclic) bond motifs is 2. The molecule has 0 spiro atoms. The van der Waals surface area contributed by atoms with Gasteiger partial charge in [0.1, 0.15) is 11.8 Å². The Hall–Kier alpha value is -3.73. The van der Waals surface area contributed by atoms with Gasteiger partial charge >= 0.3 is 0 Å². The number of hydrogen-bond donors (Lipinski definition) is 2. The lowest BCUT2D eigenvalue weighted by Crippen LogP contribution is -2.45. The van der Waals surface area contributed by atoms with Crippen molar-refractivity contribution in [1.29, 1.82) is 0 Å². The summed E-state index contributed by atoms with van der Waals surface area (Å²) in [5.41, 5.74) is -0.489. The molecule has 2 N–H and O–H groups in total. The zero-order valence-corrected chi connectivity index (χ0v) is 17.9. The first-order valence-corrected chi connectivity index (χ1v) is 11.6. The van der Waals surface area contributed by atoms with Gasteiger partial charge in [-0.15, -0.1) is 12.3 Å². The van der Waals surface area contributed by atoms with Gasteiger partial charge in [-0.3, -0.25) is 0 Å². The van der Waals surface area contributed by atoms with Crippen molar-refractivity contribution < 1.29 is 13.5 Å². The average Bonchev–Trinajstić information content (AvgIpc) is 3.45. The summed E-state index contributed by atoms with van der Waals surface area (Å²) in [5, 5.41) is 16.0. The van der Waals surface area contributed by atoms with Crippen molar-refractivity contribution in [3.05, 3.63) is 103 Å². The first-order valence-electron chi connectivity index (χ1n) is 10.1. The van der Waals surface area contributed by atoms with Gasteiger partial charge in [0.15, 0.2) is 0 Å². The quantitative estimate of drug-likeness (QED) is 0.592. The summed E-state index contributed by atoms with van der Waals surface area (Å²) in [7, 11) is -4.02. The maximum Gasteiger partial charge on any atom is 0.268 e. The van der Waals surface area contributed by atoms with Crippen LogP contribution in [0.4, 0.5) is 0 Å². The smallest absolute Gasteiger partial charge is 0.268 e. The molecular weight excluding hydrogens is 422 g/mol. The summed E-state index contributed by atoms with van der Waals surface area (Å²) in [4.78, 5) is 2.03. The van der Waals surface area contributed by atoms with Crippen LogP contribution in [0.3, 0.4) is 0 Å². The summed E-state index contributed by atoms with van der Waals surface area (Å²) < 4.78 is 28.9. The lowest BCUT2D eigenvalue weighted by atomic mass is 9.83. The normalized spacial score (nSPS) is 19.2. The fourth-order valence-electron chi connectivity index (χ4n) is 4.34. The lowest BCUT2D eigenvalue weighted by Gasteiger charge is -2.37. The Kier molecular flexibility index (Phi) is 4.70. The molecule has 32 heavy (non-hydrogen) atoms.